The van der Waals surface area contributed by atoms with Crippen molar-refractivity contribution in [1.29, 1.82) is 0 Å². The number of nitrogens with two attached hydrogens (primary N) is 1. The van der Waals surface area contributed by atoms with Gasteiger partial charge in [-0.05, 0) is 12.0 Å². The fourth-order valence-electron chi connectivity index (χ4n) is 2.87. The summed E-state index contributed by atoms with van der Waals surface area (Å²) in [5, 5.41) is 4.61. The van der Waals surface area contributed by atoms with Crippen molar-refractivity contribution in [3.8, 4) is 0 Å². The molecule has 0 aliphatic carbocycles. The number of rotatable bonds is 3. The van der Waals surface area contributed by atoms with Gasteiger partial charge in [0.1, 0.15) is 0 Å². The van der Waals surface area contributed by atoms with E-state index in [1.807, 2.05) is 11.7 Å². The second-order valence-electron chi connectivity index (χ2n) is 5.15. The summed E-state index contributed by atoms with van der Waals surface area (Å²) in [4.78, 5) is 2.45. The van der Waals surface area contributed by atoms with E-state index in [0.717, 1.165) is 26.1 Å². The highest BCUT2D eigenvalue weighted by molar-refractivity contribution is 5.29. The predicted molar refractivity (Wildman–Crippen MR) is 75.4 cm³/mol. The molecule has 0 amide bonds. The minimum atomic E-state index is 0.581. The molecule has 1 aliphatic heterocycles. The Bertz CT molecular complexity index is 559. The van der Waals surface area contributed by atoms with Crippen LogP contribution in [0.2, 0.25) is 0 Å². The highest BCUT2D eigenvalue weighted by Gasteiger charge is 2.22. The lowest BCUT2D eigenvalue weighted by atomic mass is 10.0. The number of aromatic nitrogens is 2. The third-order valence-electron chi connectivity index (χ3n) is 3.85. The first kappa shape index (κ1) is 12.4. The zero-order valence-corrected chi connectivity index (χ0v) is 11.3. The monoisotopic (exact) mass is 256 g/mol. The first-order valence-corrected chi connectivity index (χ1v) is 6.78. The summed E-state index contributed by atoms with van der Waals surface area (Å²) >= 11 is 0. The van der Waals surface area contributed by atoms with E-state index in [4.69, 9.17) is 5.73 Å². The molecule has 0 radical (unpaired) electrons. The molecule has 0 saturated carbocycles. The maximum Gasteiger partial charge on any atom is 0.0800 e. The van der Waals surface area contributed by atoms with Crippen molar-refractivity contribution in [3.63, 3.8) is 0 Å². The predicted octanol–water partition coefficient (Wildman–Crippen LogP) is 1.44. The standard InChI is InChI=1S/C15H20N4/c1-18-15(9-16)13-7-8-19(11-14(13)17-18)10-12-5-3-2-4-6-12/h2-6H,7-11,16H2,1H3. The molecule has 1 aromatic heterocycles. The number of benzene rings is 1. The van der Waals surface area contributed by atoms with Crippen LogP contribution in [0.5, 0.6) is 0 Å². The summed E-state index contributed by atoms with van der Waals surface area (Å²) in [6, 6.07) is 10.6. The van der Waals surface area contributed by atoms with E-state index in [9.17, 15) is 0 Å². The van der Waals surface area contributed by atoms with E-state index in [1.165, 1.54) is 22.5 Å². The Labute approximate surface area is 113 Å². The molecule has 3 rings (SSSR count). The Balaban J connectivity index is 1.76. The number of aryl methyl sites for hydroxylation is 1. The van der Waals surface area contributed by atoms with Gasteiger partial charge in [0.05, 0.1) is 11.4 Å². The topological polar surface area (TPSA) is 47.1 Å². The summed E-state index contributed by atoms with van der Waals surface area (Å²) in [7, 11) is 1.99. The third-order valence-corrected chi connectivity index (χ3v) is 3.85. The average Bonchev–Trinajstić information content (AvgIpc) is 2.74. The number of hydrogen-bond acceptors (Lipinski definition) is 3. The van der Waals surface area contributed by atoms with Gasteiger partial charge in [-0.2, -0.15) is 5.10 Å². The summed E-state index contributed by atoms with van der Waals surface area (Å²) in [6.07, 6.45) is 1.06. The molecule has 0 fully saturated rings. The first-order valence-electron chi connectivity index (χ1n) is 6.78. The van der Waals surface area contributed by atoms with Gasteiger partial charge < -0.3 is 5.73 Å². The molecule has 100 valence electrons. The Morgan fingerprint density at radius 1 is 1.26 bits per heavy atom. The van der Waals surface area contributed by atoms with Crippen molar-refractivity contribution in [3.05, 3.63) is 52.8 Å². The smallest absolute Gasteiger partial charge is 0.0800 e. The van der Waals surface area contributed by atoms with Crippen molar-refractivity contribution >= 4 is 0 Å². The van der Waals surface area contributed by atoms with Crippen LogP contribution < -0.4 is 5.73 Å². The molecule has 19 heavy (non-hydrogen) atoms. The van der Waals surface area contributed by atoms with Crippen molar-refractivity contribution in [2.45, 2.75) is 26.1 Å². The molecule has 0 atom stereocenters. The fourth-order valence-corrected chi connectivity index (χ4v) is 2.87. The summed E-state index contributed by atoms with van der Waals surface area (Å²) in [5.41, 5.74) is 10.9. The van der Waals surface area contributed by atoms with Crippen LogP contribution in [0.4, 0.5) is 0 Å². The van der Waals surface area contributed by atoms with Crippen LogP contribution in [-0.4, -0.2) is 21.2 Å². The van der Waals surface area contributed by atoms with Crippen LogP contribution in [0.15, 0.2) is 30.3 Å². The van der Waals surface area contributed by atoms with Crippen molar-refractivity contribution in [2.75, 3.05) is 6.54 Å². The molecule has 1 aromatic carbocycles. The SMILES string of the molecule is Cn1nc2c(c1CN)CCN(Cc1ccccc1)C2. The highest BCUT2D eigenvalue weighted by Crippen LogP contribution is 2.22. The second kappa shape index (κ2) is 5.15. The van der Waals surface area contributed by atoms with Crippen molar-refractivity contribution in [1.82, 2.24) is 14.7 Å². The maximum atomic E-state index is 5.80. The van der Waals surface area contributed by atoms with E-state index in [0.29, 0.717) is 6.54 Å². The zero-order valence-electron chi connectivity index (χ0n) is 11.3. The third kappa shape index (κ3) is 2.41. The molecular weight excluding hydrogens is 236 g/mol. The maximum absolute atomic E-state index is 5.80. The van der Waals surface area contributed by atoms with E-state index in [2.05, 4.69) is 40.3 Å². The molecule has 2 N–H and O–H groups in total. The number of nitrogens with zero attached hydrogens (tertiary/aromatic N) is 3. The van der Waals surface area contributed by atoms with Crippen molar-refractivity contribution < 1.29 is 0 Å². The summed E-state index contributed by atoms with van der Waals surface area (Å²) in [5.74, 6) is 0. The summed E-state index contributed by atoms with van der Waals surface area (Å²) in [6.45, 7) is 3.59. The van der Waals surface area contributed by atoms with Crippen LogP contribution >= 0.6 is 0 Å². The van der Waals surface area contributed by atoms with E-state index < -0.39 is 0 Å². The van der Waals surface area contributed by atoms with Crippen LogP contribution in [0.1, 0.15) is 22.5 Å². The lowest BCUT2D eigenvalue weighted by molar-refractivity contribution is 0.242. The Hall–Kier alpha value is -1.65. The molecule has 2 heterocycles. The van der Waals surface area contributed by atoms with Gasteiger partial charge in [-0.1, -0.05) is 30.3 Å². The fraction of sp³-hybridized carbons (Fsp3) is 0.400. The number of hydrogen-bond donors (Lipinski definition) is 1. The normalized spacial score (nSPS) is 15.5. The lowest BCUT2D eigenvalue weighted by Gasteiger charge is -2.26. The molecular formula is C15H20N4. The zero-order chi connectivity index (χ0) is 13.2. The lowest BCUT2D eigenvalue weighted by Crippen LogP contribution is -2.30. The molecule has 0 saturated heterocycles. The van der Waals surface area contributed by atoms with Crippen molar-refractivity contribution in [2.24, 2.45) is 12.8 Å². The van der Waals surface area contributed by atoms with Crippen LogP contribution in [-0.2, 0) is 33.1 Å². The molecule has 4 heteroatoms. The van der Waals surface area contributed by atoms with Crippen LogP contribution in [0, 0.1) is 0 Å². The Kier molecular flexibility index (Phi) is 3.36. The van der Waals surface area contributed by atoms with Gasteiger partial charge in [0.25, 0.3) is 0 Å². The minimum absolute atomic E-state index is 0.581. The molecule has 0 bridgehead atoms. The van der Waals surface area contributed by atoms with Gasteiger partial charge in [-0.3, -0.25) is 9.58 Å². The first-order chi connectivity index (χ1) is 9.28. The molecule has 0 unspecified atom stereocenters. The molecule has 4 nitrogen and oxygen atoms in total. The quantitative estimate of drug-likeness (QED) is 0.904. The van der Waals surface area contributed by atoms with Crippen LogP contribution in [0.3, 0.4) is 0 Å². The van der Waals surface area contributed by atoms with Gasteiger partial charge in [-0.25, -0.2) is 0 Å². The average molecular weight is 256 g/mol. The van der Waals surface area contributed by atoms with E-state index in [1.54, 1.807) is 0 Å². The molecule has 0 spiro atoms. The minimum Gasteiger partial charge on any atom is -0.325 e. The Morgan fingerprint density at radius 2 is 2.05 bits per heavy atom. The van der Waals surface area contributed by atoms with Gasteiger partial charge in [-0.15, -0.1) is 0 Å². The Morgan fingerprint density at radius 3 is 2.79 bits per heavy atom. The molecule has 2 aromatic rings. The van der Waals surface area contributed by atoms with Gasteiger partial charge in [0, 0.05) is 38.8 Å². The van der Waals surface area contributed by atoms with E-state index >= 15 is 0 Å². The largest absolute Gasteiger partial charge is 0.325 e. The molecule has 1 aliphatic rings. The van der Waals surface area contributed by atoms with Gasteiger partial charge in [0.15, 0.2) is 0 Å². The van der Waals surface area contributed by atoms with Gasteiger partial charge in [0.2, 0.25) is 0 Å². The second-order valence-corrected chi connectivity index (χ2v) is 5.15. The van der Waals surface area contributed by atoms with E-state index in [-0.39, 0.29) is 0 Å². The summed E-state index contributed by atoms with van der Waals surface area (Å²) < 4.78 is 1.94. The van der Waals surface area contributed by atoms with Gasteiger partial charge >= 0.3 is 0 Å². The highest BCUT2D eigenvalue weighted by atomic mass is 15.3. The van der Waals surface area contributed by atoms with Crippen LogP contribution in [0.25, 0.3) is 0 Å². The number of fused-ring (bicyclic) bond motifs is 1.